The van der Waals surface area contributed by atoms with Crippen molar-refractivity contribution in [2.24, 2.45) is 0 Å². The second kappa shape index (κ2) is 5.74. The number of hydrogen-bond donors (Lipinski definition) is 0. The summed E-state index contributed by atoms with van der Waals surface area (Å²) >= 11 is 6.14. The third-order valence-corrected chi connectivity index (χ3v) is 7.26. The number of imidazole rings is 1. The van der Waals surface area contributed by atoms with Gasteiger partial charge in [0.05, 0.1) is 17.1 Å². The summed E-state index contributed by atoms with van der Waals surface area (Å²) in [5.74, 6) is 0.324. The van der Waals surface area contributed by atoms with Crippen molar-refractivity contribution in [3.8, 4) is 5.75 Å². The molecule has 6 nitrogen and oxygen atoms in total. The smallest absolute Gasteiger partial charge is 0.395 e. The first-order chi connectivity index (χ1) is 13.3. The minimum atomic E-state index is -4.02. The van der Waals surface area contributed by atoms with Crippen molar-refractivity contribution >= 4 is 39.4 Å². The molecule has 5 rings (SSSR count). The lowest BCUT2D eigenvalue weighted by Gasteiger charge is -2.20. The molecule has 0 spiro atoms. The van der Waals surface area contributed by atoms with Gasteiger partial charge in [-0.1, -0.05) is 17.7 Å². The number of hydrogen-bond acceptors (Lipinski definition) is 4. The van der Waals surface area contributed by atoms with Crippen LogP contribution in [0.25, 0.3) is 11.0 Å². The molecule has 2 aliphatic heterocycles. The topological polar surface area (TPSA) is 64.2 Å². The number of benzene rings is 2. The highest BCUT2D eigenvalue weighted by atomic mass is 35.5. The minimum Gasteiger partial charge on any atom is -0.434 e. The summed E-state index contributed by atoms with van der Waals surface area (Å²) in [4.78, 5) is 4.47. The van der Waals surface area contributed by atoms with Crippen LogP contribution in [0.1, 0.15) is 29.9 Å². The normalized spacial score (nSPS) is 22.2. The maximum Gasteiger partial charge on any atom is 0.395 e. The number of aromatic nitrogens is 2. The lowest BCUT2D eigenvalue weighted by Crippen LogP contribution is -2.25. The lowest BCUT2D eigenvalue weighted by molar-refractivity contribution is -0.412. The first-order valence-corrected chi connectivity index (χ1v) is 10.2. The van der Waals surface area contributed by atoms with Crippen LogP contribution in [0.2, 0.25) is 5.02 Å². The Morgan fingerprint density at radius 1 is 1.32 bits per heavy atom. The molecule has 28 heavy (non-hydrogen) atoms. The van der Waals surface area contributed by atoms with Crippen molar-refractivity contribution in [2.75, 3.05) is 0 Å². The fourth-order valence-electron chi connectivity index (χ4n) is 4.13. The molecule has 0 N–H and O–H groups in total. The van der Waals surface area contributed by atoms with E-state index in [0.717, 1.165) is 3.98 Å². The van der Waals surface area contributed by atoms with Gasteiger partial charge in [0.1, 0.15) is 17.4 Å². The van der Waals surface area contributed by atoms with Crippen molar-refractivity contribution in [2.45, 2.75) is 30.0 Å². The van der Waals surface area contributed by atoms with Crippen LogP contribution in [-0.2, 0) is 10.0 Å². The molecule has 0 saturated carbocycles. The van der Waals surface area contributed by atoms with Crippen LogP contribution in [0, 0.1) is 0 Å². The predicted molar refractivity (Wildman–Crippen MR) is 97.9 cm³/mol. The third kappa shape index (κ3) is 2.26. The van der Waals surface area contributed by atoms with Gasteiger partial charge in [0.2, 0.25) is 6.04 Å². The SMILES string of the molecule is C=[N+]1[C@@H]2C[C@H](c3c(OC(F)F)cccc3S1(=O)=O)n1c2nc2ccc(Cl)cc21. The largest absolute Gasteiger partial charge is 0.434 e. The summed E-state index contributed by atoms with van der Waals surface area (Å²) in [5, 5.41) is 0.492. The Bertz CT molecular complexity index is 1270. The van der Waals surface area contributed by atoms with E-state index >= 15 is 0 Å². The van der Waals surface area contributed by atoms with E-state index in [1.165, 1.54) is 18.2 Å². The number of alkyl halides is 2. The quantitative estimate of drug-likeness (QED) is 0.588. The summed E-state index contributed by atoms with van der Waals surface area (Å²) in [6.45, 7) is 0.658. The van der Waals surface area contributed by atoms with Crippen LogP contribution in [-0.4, -0.2) is 35.3 Å². The van der Waals surface area contributed by atoms with Gasteiger partial charge in [0.25, 0.3) is 0 Å². The van der Waals surface area contributed by atoms with E-state index in [4.69, 9.17) is 11.6 Å². The van der Waals surface area contributed by atoms with E-state index in [1.54, 1.807) is 18.2 Å². The molecule has 144 valence electrons. The zero-order chi connectivity index (χ0) is 19.8. The Balaban J connectivity index is 1.88. The molecule has 3 aromatic rings. The van der Waals surface area contributed by atoms with Crippen LogP contribution in [0.4, 0.5) is 8.78 Å². The van der Waals surface area contributed by atoms with Gasteiger partial charge < -0.3 is 9.30 Å². The van der Waals surface area contributed by atoms with E-state index < -0.39 is 28.7 Å². The summed E-state index contributed by atoms with van der Waals surface area (Å²) in [6.07, 6.45) is 0.310. The average Bonchev–Trinajstić information content (AvgIpc) is 3.15. The molecular formula is C18H13ClF2N3O3S+. The number of sulfonamides is 1. The fourth-order valence-corrected chi connectivity index (χ4v) is 5.83. The van der Waals surface area contributed by atoms with Crippen molar-refractivity contribution in [1.82, 2.24) is 9.55 Å². The van der Waals surface area contributed by atoms with Crippen molar-refractivity contribution in [3.05, 3.63) is 52.8 Å². The second-order valence-electron chi connectivity index (χ2n) is 6.68. The second-order valence-corrected chi connectivity index (χ2v) is 8.97. The summed E-state index contributed by atoms with van der Waals surface area (Å²) in [5.41, 5.74) is 1.51. The van der Waals surface area contributed by atoms with Crippen molar-refractivity contribution in [1.29, 1.82) is 0 Å². The number of ether oxygens (including phenoxy) is 1. The monoisotopic (exact) mass is 424 g/mol. The standard InChI is InChI=1S/C18H13ClF2N3O3S/c1-23-13-8-12(24-11-7-9(19)5-6-10(11)22-17(13)24)16-14(27-18(20)21)3-2-4-15(16)28(23,25)26/h2-7,12-13,18H,1,8H2/q+1/t12-,13-/m1/s1. The highest BCUT2D eigenvalue weighted by Gasteiger charge is 2.52. The zero-order valence-electron chi connectivity index (χ0n) is 14.2. The molecule has 2 atom stereocenters. The van der Waals surface area contributed by atoms with E-state index in [9.17, 15) is 17.2 Å². The molecule has 3 heterocycles. The van der Waals surface area contributed by atoms with Crippen molar-refractivity contribution in [3.63, 3.8) is 0 Å². The molecule has 2 aromatic carbocycles. The van der Waals surface area contributed by atoms with E-state index in [0.29, 0.717) is 28.3 Å². The van der Waals surface area contributed by atoms with E-state index in [1.807, 2.05) is 4.57 Å². The molecule has 0 amide bonds. The zero-order valence-corrected chi connectivity index (χ0v) is 15.8. The Morgan fingerprint density at radius 2 is 2.11 bits per heavy atom. The van der Waals surface area contributed by atoms with Crippen LogP contribution in [0.15, 0.2) is 41.3 Å². The number of halogens is 3. The van der Waals surface area contributed by atoms with Gasteiger partial charge in [-0.05, 0) is 30.3 Å². The maximum absolute atomic E-state index is 13.1. The highest BCUT2D eigenvalue weighted by molar-refractivity contribution is 7.85. The Morgan fingerprint density at radius 3 is 2.86 bits per heavy atom. The van der Waals surface area contributed by atoms with Crippen LogP contribution in [0.3, 0.4) is 0 Å². The Kier molecular flexibility index (Phi) is 3.60. The number of nitrogens with zero attached hydrogens (tertiary/aromatic N) is 3. The van der Waals surface area contributed by atoms with Crippen LogP contribution in [0.5, 0.6) is 5.75 Å². The molecule has 10 heteroatoms. The molecule has 0 aliphatic carbocycles. The number of rotatable bonds is 2. The Labute approximate surface area is 163 Å². The first-order valence-electron chi connectivity index (χ1n) is 8.39. The molecule has 2 bridgehead atoms. The molecule has 0 saturated heterocycles. The van der Waals surface area contributed by atoms with Crippen LogP contribution >= 0.6 is 11.6 Å². The van der Waals surface area contributed by atoms with Gasteiger partial charge in [-0.3, -0.25) is 0 Å². The third-order valence-electron chi connectivity index (χ3n) is 5.24. The van der Waals surface area contributed by atoms with Gasteiger partial charge in [0, 0.05) is 17.0 Å². The minimum absolute atomic E-state index is 0.0947. The van der Waals surface area contributed by atoms with Gasteiger partial charge in [-0.2, -0.15) is 17.2 Å². The molecule has 2 aliphatic rings. The lowest BCUT2D eigenvalue weighted by atomic mass is 10.0. The molecule has 0 radical (unpaired) electrons. The molecular weight excluding hydrogens is 412 g/mol. The molecule has 0 unspecified atom stereocenters. The van der Waals surface area contributed by atoms with E-state index in [2.05, 4.69) is 16.4 Å². The van der Waals surface area contributed by atoms with E-state index in [-0.39, 0.29) is 16.2 Å². The summed E-state index contributed by atoms with van der Waals surface area (Å²) in [7, 11) is -4.02. The van der Waals surface area contributed by atoms with Gasteiger partial charge in [-0.25, -0.2) is 4.98 Å². The molecule has 0 fully saturated rings. The van der Waals surface area contributed by atoms with Crippen molar-refractivity contribution < 1.29 is 25.9 Å². The highest BCUT2D eigenvalue weighted by Crippen LogP contribution is 2.51. The number of fused-ring (bicyclic) bond motifs is 9. The fraction of sp³-hybridized carbons (Fsp3) is 0.222. The van der Waals surface area contributed by atoms with Gasteiger partial charge in [-0.15, -0.1) is 3.98 Å². The van der Waals surface area contributed by atoms with Crippen LogP contribution < -0.4 is 4.74 Å². The Hall–Kier alpha value is -2.52. The molecule has 1 aromatic heterocycles. The summed E-state index contributed by atoms with van der Waals surface area (Å²) in [6, 6.07) is 8.07. The predicted octanol–water partition coefficient (Wildman–Crippen LogP) is 3.74. The van der Waals surface area contributed by atoms with Gasteiger partial charge >= 0.3 is 16.6 Å². The summed E-state index contributed by atoms with van der Waals surface area (Å²) < 4.78 is 59.7. The first kappa shape index (κ1) is 17.6. The average molecular weight is 425 g/mol. The van der Waals surface area contributed by atoms with Gasteiger partial charge in [0.15, 0.2) is 5.82 Å². The maximum atomic E-state index is 13.1.